The van der Waals surface area contributed by atoms with Crippen LogP contribution in [-0.2, 0) is 12.8 Å². The van der Waals surface area contributed by atoms with Gasteiger partial charge in [-0.05, 0) is 66.9 Å². The standard InChI is InChI=1S/C21H20N4O3S2/c22-19(26)18-14-6-4-12-10-24-30-17(12)16(14)21(29-18)28-13-5-7-15(23-11-13)20(27)25-8-2-1-3-9-25/h5,7,10-11H,1-4,6,8-9H2,(H2,22,26). The van der Waals surface area contributed by atoms with Crippen molar-refractivity contribution >= 4 is 34.7 Å². The van der Waals surface area contributed by atoms with Gasteiger partial charge in [0.25, 0.3) is 11.8 Å². The number of rotatable bonds is 4. The number of primary amides is 1. The summed E-state index contributed by atoms with van der Waals surface area (Å²) in [4.78, 5) is 32.3. The van der Waals surface area contributed by atoms with E-state index in [1.54, 1.807) is 18.3 Å². The lowest BCUT2D eigenvalue weighted by Gasteiger charge is -2.26. The lowest BCUT2D eigenvalue weighted by Crippen LogP contribution is -2.36. The van der Waals surface area contributed by atoms with Crippen molar-refractivity contribution in [1.29, 1.82) is 0 Å². The Morgan fingerprint density at radius 2 is 1.93 bits per heavy atom. The van der Waals surface area contributed by atoms with E-state index in [-0.39, 0.29) is 5.91 Å². The minimum atomic E-state index is -0.445. The van der Waals surface area contributed by atoms with Crippen molar-refractivity contribution < 1.29 is 14.3 Å². The largest absolute Gasteiger partial charge is 0.444 e. The van der Waals surface area contributed by atoms with Gasteiger partial charge in [-0.3, -0.25) is 9.59 Å². The molecule has 0 unspecified atom stereocenters. The number of carbonyl (C=O) groups excluding carboxylic acids is 2. The van der Waals surface area contributed by atoms with Gasteiger partial charge in [0.1, 0.15) is 11.4 Å². The number of amides is 2. The van der Waals surface area contributed by atoms with E-state index in [0.29, 0.717) is 21.4 Å². The van der Waals surface area contributed by atoms with Crippen molar-refractivity contribution in [2.45, 2.75) is 32.1 Å². The lowest BCUT2D eigenvalue weighted by molar-refractivity contribution is 0.0718. The van der Waals surface area contributed by atoms with Crippen LogP contribution in [0.4, 0.5) is 0 Å². The molecule has 5 rings (SSSR count). The molecule has 1 fully saturated rings. The van der Waals surface area contributed by atoms with E-state index < -0.39 is 5.91 Å². The van der Waals surface area contributed by atoms with E-state index in [0.717, 1.165) is 60.3 Å². The molecule has 9 heteroatoms. The first kappa shape index (κ1) is 19.2. The second kappa shape index (κ2) is 7.81. The Labute approximate surface area is 181 Å². The summed E-state index contributed by atoms with van der Waals surface area (Å²) in [5, 5.41) is 0.612. The molecule has 2 aliphatic rings. The minimum Gasteiger partial charge on any atom is -0.444 e. The number of hydrogen-bond donors (Lipinski definition) is 1. The Morgan fingerprint density at radius 3 is 2.67 bits per heavy atom. The highest BCUT2D eigenvalue weighted by molar-refractivity contribution is 7.17. The van der Waals surface area contributed by atoms with Gasteiger partial charge in [-0.25, -0.2) is 9.36 Å². The smallest absolute Gasteiger partial charge is 0.272 e. The Kier molecular flexibility index (Phi) is 5.00. The molecular weight excluding hydrogens is 420 g/mol. The zero-order valence-corrected chi connectivity index (χ0v) is 17.9. The van der Waals surface area contributed by atoms with Crippen LogP contribution < -0.4 is 10.5 Å². The van der Waals surface area contributed by atoms with Crippen molar-refractivity contribution in [3.05, 3.63) is 46.2 Å². The fraction of sp³-hybridized carbons (Fsp3) is 0.333. The van der Waals surface area contributed by atoms with Gasteiger partial charge in [0.2, 0.25) is 0 Å². The third kappa shape index (κ3) is 3.37. The van der Waals surface area contributed by atoms with E-state index in [4.69, 9.17) is 10.5 Å². The van der Waals surface area contributed by atoms with Crippen LogP contribution in [0.15, 0.2) is 24.5 Å². The number of likely N-dealkylation sites (tertiary alicyclic amines) is 1. The molecule has 0 saturated carbocycles. The maximum Gasteiger partial charge on any atom is 0.272 e. The average Bonchev–Trinajstić information content (AvgIpc) is 3.39. The van der Waals surface area contributed by atoms with E-state index in [9.17, 15) is 9.59 Å². The third-order valence-corrected chi connectivity index (χ3v) is 7.51. The monoisotopic (exact) mass is 440 g/mol. The van der Waals surface area contributed by atoms with Crippen LogP contribution in [0.2, 0.25) is 0 Å². The van der Waals surface area contributed by atoms with Crippen LogP contribution in [0.25, 0.3) is 10.4 Å². The van der Waals surface area contributed by atoms with Crippen molar-refractivity contribution in [1.82, 2.24) is 14.3 Å². The number of ether oxygens (including phenoxy) is 1. The van der Waals surface area contributed by atoms with Crippen molar-refractivity contribution in [3.8, 4) is 21.3 Å². The second-order valence-electron chi connectivity index (χ2n) is 7.45. The molecule has 2 N–H and O–H groups in total. The molecule has 1 aliphatic heterocycles. The van der Waals surface area contributed by atoms with Gasteiger partial charge in [-0.1, -0.05) is 11.3 Å². The molecule has 0 aromatic carbocycles. The van der Waals surface area contributed by atoms with E-state index in [1.165, 1.54) is 29.3 Å². The summed E-state index contributed by atoms with van der Waals surface area (Å²) in [6, 6.07) is 3.44. The predicted molar refractivity (Wildman–Crippen MR) is 115 cm³/mol. The number of fused-ring (bicyclic) bond motifs is 3. The van der Waals surface area contributed by atoms with E-state index in [1.807, 2.05) is 11.1 Å². The second-order valence-corrected chi connectivity index (χ2v) is 9.24. The number of thiophene rings is 1. The maximum atomic E-state index is 12.6. The van der Waals surface area contributed by atoms with Gasteiger partial charge >= 0.3 is 0 Å². The molecular formula is C21H20N4O3S2. The number of nitrogens with zero attached hydrogens (tertiary/aromatic N) is 3. The zero-order valence-electron chi connectivity index (χ0n) is 16.2. The maximum absolute atomic E-state index is 12.6. The van der Waals surface area contributed by atoms with E-state index >= 15 is 0 Å². The number of pyridine rings is 1. The summed E-state index contributed by atoms with van der Waals surface area (Å²) >= 11 is 2.66. The van der Waals surface area contributed by atoms with Crippen molar-refractivity contribution in [2.75, 3.05) is 13.1 Å². The SMILES string of the molecule is NC(=O)c1sc(Oc2ccc(C(=O)N3CCCCC3)nc2)c2c1CCc1cnsc1-2. The number of piperidine rings is 1. The molecule has 3 aromatic rings. The molecule has 4 heterocycles. The summed E-state index contributed by atoms with van der Waals surface area (Å²) in [7, 11) is 0. The molecule has 0 bridgehead atoms. The summed E-state index contributed by atoms with van der Waals surface area (Å²) < 4.78 is 10.4. The van der Waals surface area contributed by atoms with Gasteiger partial charge in [-0.2, -0.15) is 0 Å². The van der Waals surface area contributed by atoms with Gasteiger partial charge in [0, 0.05) is 19.3 Å². The van der Waals surface area contributed by atoms with Crippen molar-refractivity contribution in [3.63, 3.8) is 0 Å². The number of aromatic nitrogens is 2. The molecule has 1 saturated heterocycles. The first-order chi connectivity index (χ1) is 14.6. The molecule has 7 nitrogen and oxygen atoms in total. The first-order valence-electron chi connectivity index (χ1n) is 9.94. The molecule has 2 amide bonds. The Morgan fingerprint density at radius 1 is 1.10 bits per heavy atom. The number of carbonyl (C=O) groups is 2. The topological polar surface area (TPSA) is 98.4 Å². The molecule has 0 radical (unpaired) electrons. The summed E-state index contributed by atoms with van der Waals surface area (Å²) in [5.41, 5.74) is 9.03. The molecule has 154 valence electrons. The normalized spacial score (nSPS) is 15.4. The van der Waals surface area contributed by atoms with E-state index in [2.05, 4.69) is 9.36 Å². The van der Waals surface area contributed by atoms with Crippen LogP contribution in [0.1, 0.15) is 50.5 Å². The number of aryl methyl sites for hydroxylation is 1. The summed E-state index contributed by atoms with van der Waals surface area (Å²) in [6.45, 7) is 1.57. The summed E-state index contributed by atoms with van der Waals surface area (Å²) in [5.74, 6) is 0.0293. The quantitative estimate of drug-likeness (QED) is 0.664. The van der Waals surface area contributed by atoms with Crippen molar-refractivity contribution in [2.24, 2.45) is 5.73 Å². The Bertz CT molecular complexity index is 1110. The van der Waals surface area contributed by atoms with Crippen LogP contribution in [0, 0.1) is 0 Å². The number of nitrogens with two attached hydrogens (primary N) is 1. The van der Waals surface area contributed by atoms with Gasteiger partial charge in [0.15, 0.2) is 5.06 Å². The van der Waals surface area contributed by atoms with Crippen LogP contribution in [0.5, 0.6) is 10.8 Å². The Hall–Kier alpha value is -2.78. The highest BCUT2D eigenvalue weighted by Gasteiger charge is 2.30. The highest BCUT2D eigenvalue weighted by atomic mass is 32.1. The fourth-order valence-corrected chi connectivity index (χ4v) is 6.03. The Balaban J connectivity index is 1.43. The van der Waals surface area contributed by atoms with Crippen LogP contribution in [0.3, 0.4) is 0 Å². The zero-order chi connectivity index (χ0) is 20.7. The molecule has 1 aliphatic carbocycles. The average molecular weight is 441 g/mol. The van der Waals surface area contributed by atoms with Gasteiger partial charge in [-0.15, -0.1) is 0 Å². The van der Waals surface area contributed by atoms with Crippen LogP contribution >= 0.6 is 22.9 Å². The minimum absolute atomic E-state index is 0.0416. The fourth-order valence-electron chi connectivity index (χ4n) is 4.02. The molecule has 0 spiro atoms. The van der Waals surface area contributed by atoms with Gasteiger partial charge in [0.05, 0.1) is 21.5 Å². The molecule has 30 heavy (non-hydrogen) atoms. The first-order valence-corrected chi connectivity index (χ1v) is 11.5. The molecule has 0 atom stereocenters. The molecule has 3 aromatic heterocycles. The summed E-state index contributed by atoms with van der Waals surface area (Å²) in [6.07, 6.45) is 8.26. The number of hydrogen-bond acceptors (Lipinski definition) is 7. The van der Waals surface area contributed by atoms with Crippen LogP contribution in [-0.4, -0.2) is 39.2 Å². The third-order valence-electron chi connectivity index (χ3n) is 5.52. The lowest BCUT2D eigenvalue weighted by atomic mass is 9.93. The van der Waals surface area contributed by atoms with Gasteiger partial charge < -0.3 is 15.4 Å². The predicted octanol–water partition coefficient (Wildman–Crippen LogP) is 3.88. The highest BCUT2D eigenvalue weighted by Crippen LogP contribution is 2.49.